The second-order valence-corrected chi connectivity index (χ2v) is 5.22. The lowest BCUT2D eigenvalue weighted by molar-refractivity contribution is -0.147. The number of alkyl halides is 3. The second kappa shape index (κ2) is 5.90. The molecule has 1 aliphatic carbocycles. The Hall–Kier alpha value is -1.80. The first-order valence-electron chi connectivity index (χ1n) is 6.79. The zero-order valence-corrected chi connectivity index (χ0v) is 11.6. The number of carbonyl (C=O) groups excluding carboxylic acids is 1. The number of nitrogens with zero attached hydrogens (tertiary/aromatic N) is 3. The van der Waals surface area contributed by atoms with Gasteiger partial charge in [-0.25, -0.2) is 9.48 Å². The molecule has 1 aromatic heterocycles. The van der Waals surface area contributed by atoms with E-state index in [-0.39, 0.29) is 6.04 Å². The molecule has 0 saturated heterocycles. The highest BCUT2D eigenvalue weighted by Crippen LogP contribution is 2.26. The van der Waals surface area contributed by atoms with Crippen molar-refractivity contribution in [3.8, 4) is 0 Å². The first-order valence-corrected chi connectivity index (χ1v) is 6.79. The van der Waals surface area contributed by atoms with Crippen LogP contribution in [0.3, 0.4) is 0 Å². The average molecular weight is 306 g/mol. The van der Waals surface area contributed by atoms with Crippen molar-refractivity contribution in [3.05, 3.63) is 16.3 Å². The summed E-state index contributed by atoms with van der Waals surface area (Å²) in [6.45, 7) is -0.501. The second-order valence-electron chi connectivity index (χ2n) is 5.22. The number of aromatic nitrogens is 3. The van der Waals surface area contributed by atoms with Crippen LogP contribution in [0.15, 0.2) is 4.79 Å². The van der Waals surface area contributed by atoms with Crippen LogP contribution in [0.2, 0.25) is 0 Å². The molecule has 1 saturated carbocycles. The van der Waals surface area contributed by atoms with Gasteiger partial charge in [-0.15, -0.1) is 5.10 Å². The van der Waals surface area contributed by atoms with Crippen LogP contribution in [0.1, 0.15) is 37.9 Å². The quantitative estimate of drug-likeness (QED) is 0.907. The van der Waals surface area contributed by atoms with Crippen LogP contribution in [0.25, 0.3) is 0 Å². The zero-order chi connectivity index (χ0) is 15.6. The molecular formula is C12H17F3N4O2. The van der Waals surface area contributed by atoms with Gasteiger partial charge < -0.3 is 5.32 Å². The minimum Gasteiger partial charge on any atom is -0.352 e. The van der Waals surface area contributed by atoms with Crippen LogP contribution < -0.4 is 11.0 Å². The Morgan fingerprint density at radius 1 is 1.33 bits per heavy atom. The number of hydrogen-bond donors (Lipinski definition) is 1. The molecule has 6 nitrogen and oxygen atoms in total. The van der Waals surface area contributed by atoms with Crippen LogP contribution in [-0.4, -0.2) is 26.3 Å². The largest absolute Gasteiger partial charge is 0.451 e. The third kappa shape index (κ3) is 3.64. The van der Waals surface area contributed by atoms with Gasteiger partial charge in [0, 0.05) is 13.1 Å². The van der Waals surface area contributed by atoms with Gasteiger partial charge in [-0.05, 0) is 12.8 Å². The summed E-state index contributed by atoms with van der Waals surface area (Å²) in [4.78, 5) is 23.4. The van der Waals surface area contributed by atoms with Crippen LogP contribution >= 0.6 is 0 Å². The van der Waals surface area contributed by atoms with Crippen molar-refractivity contribution in [3.63, 3.8) is 0 Å². The molecule has 0 spiro atoms. The SMILES string of the molecule is Cn1c(C(F)(F)F)nn(CC(=O)NC2CCCCC2)c1=O. The fourth-order valence-electron chi connectivity index (χ4n) is 2.49. The Morgan fingerprint density at radius 2 is 1.95 bits per heavy atom. The van der Waals surface area contributed by atoms with Gasteiger partial charge >= 0.3 is 11.9 Å². The van der Waals surface area contributed by atoms with Crippen molar-refractivity contribution in [2.24, 2.45) is 7.05 Å². The van der Waals surface area contributed by atoms with Gasteiger partial charge in [-0.2, -0.15) is 13.2 Å². The van der Waals surface area contributed by atoms with Gasteiger partial charge in [0.15, 0.2) is 0 Å². The molecule has 0 unspecified atom stereocenters. The lowest BCUT2D eigenvalue weighted by atomic mass is 9.95. The predicted octanol–water partition coefficient (Wildman–Crippen LogP) is 1.05. The Balaban J connectivity index is 2.05. The molecule has 1 N–H and O–H groups in total. The predicted molar refractivity (Wildman–Crippen MR) is 67.5 cm³/mol. The minimum atomic E-state index is -4.72. The maximum absolute atomic E-state index is 12.6. The normalized spacial score (nSPS) is 17.0. The van der Waals surface area contributed by atoms with Gasteiger partial charge in [-0.3, -0.25) is 9.36 Å². The first-order chi connectivity index (χ1) is 9.79. The molecule has 1 heterocycles. The van der Waals surface area contributed by atoms with Crippen LogP contribution in [-0.2, 0) is 24.6 Å². The molecule has 0 aromatic carbocycles. The van der Waals surface area contributed by atoms with Crippen molar-refractivity contribution < 1.29 is 18.0 Å². The average Bonchev–Trinajstić information content (AvgIpc) is 2.68. The molecule has 0 bridgehead atoms. The lowest BCUT2D eigenvalue weighted by Gasteiger charge is -2.22. The molecule has 21 heavy (non-hydrogen) atoms. The number of rotatable bonds is 3. The van der Waals surface area contributed by atoms with Gasteiger partial charge in [0.1, 0.15) is 6.54 Å². The Kier molecular flexibility index (Phi) is 4.38. The van der Waals surface area contributed by atoms with E-state index in [4.69, 9.17) is 0 Å². The fourth-order valence-corrected chi connectivity index (χ4v) is 2.49. The molecular weight excluding hydrogens is 289 g/mol. The molecule has 0 aliphatic heterocycles. The van der Waals surface area contributed by atoms with E-state index in [2.05, 4.69) is 10.4 Å². The number of amides is 1. The molecule has 1 aromatic rings. The summed E-state index contributed by atoms with van der Waals surface area (Å²) >= 11 is 0. The molecule has 1 aliphatic rings. The van der Waals surface area contributed by atoms with E-state index >= 15 is 0 Å². The van der Waals surface area contributed by atoms with Crippen molar-refractivity contribution in [1.29, 1.82) is 0 Å². The van der Waals surface area contributed by atoms with Crippen LogP contribution in [0, 0.1) is 0 Å². The highest BCUT2D eigenvalue weighted by Gasteiger charge is 2.38. The molecule has 0 radical (unpaired) electrons. The topological polar surface area (TPSA) is 68.9 Å². The van der Waals surface area contributed by atoms with Gasteiger partial charge in [-0.1, -0.05) is 19.3 Å². The maximum atomic E-state index is 12.6. The first kappa shape index (κ1) is 15.6. The number of halogens is 3. The van der Waals surface area contributed by atoms with Crippen LogP contribution in [0.4, 0.5) is 13.2 Å². The van der Waals surface area contributed by atoms with Gasteiger partial charge in [0.25, 0.3) is 0 Å². The van der Waals surface area contributed by atoms with E-state index in [1.807, 2.05) is 0 Å². The Labute approximate surface area is 118 Å². The monoisotopic (exact) mass is 306 g/mol. The van der Waals surface area contributed by atoms with Crippen molar-refractivity contribution in [2.75, 3.05) is 0 Å². The highest BCUT2D eigenvalue weighted by molar-refractivity contribution is 5.75. The van der Waals surface area contributed by atoms with E-state index < -0.39 is 30.1 Å². The van der Waals surface area contributed by atoms with Crippen molar-refractivity contribution >= 4 is 5.91 Å². The molecule has 2 rings (SSSR count). The fraction of sp³-hybridized carbons (Fsp3) is 0.750. The van der Waals surface area contributed by atoms with E-state index in [0.29, 0.717) is 9.25 Å². The third-order valence-electron chi connectivity index (χ3n) is 3.56. The summed E-state index contributed by atoms with van der Waals surface area (Å²) in [6.07, 6.45) is 0.159. The summed E-state index contributed by atoms with van der Waals surface area (Å²) in [6, 6.07) is 0.0350. The summed E-state index contributed by atoms with van der Waals surface area (Å²) < 4.78 is 38.8. The molecule has 1 amide bonds. The highest BCUT2D eigenvalue weighted by atomic mass is 19.4. The number of hydrogen-bond acceptors (Lipinski definition) is 3. The minimum absolute atomic E-state index is 0.0350. The molecule has 1 fully saturated rings. The molecule has 9 heteroatoms. The Bertz CT molecular complexity index is 570. The summed E-state index contributed by atoms with van der Waals surface area (Å²) in [7, 11) is 0.980. The molecule has 118 valence electrons. The van der Waals surface area contributed by atoms with E-state index in [1.54, 1.807) is 0 Å². The van der Waals surface area contributed by atoms with Crippen molar-refractivity contribution in [2.45, 2.75) is 50.9 Å². The summed E-state index contributed by atoms with van der Waals surface area (Å²) in [5.41, 5.74) is -0.957. The Morgan fingerprint density at radius 3 is 2.48 bits per heavy atom. The van der Waals surface area contributed by atoms with E-state index in [0.717, 1.165) is 39.2 Å². The van der Waals surface area contributed by atoms with E-state index in [9.17, 15) is 22.8 Å². The van der Waals surface area contributed by atoms with Gasteiger partial charge in [0.05, 0.1) is 0 Å². The van der Waals surface area contributed by atoms with Gasteiger partial charge in [0.2, 0.25) is 11.7 Å². The summed E-state index contributed by atoms with van der Waals surface area (Å²) in [5.74, 6) is -1.80. The maximum Gasteiger partial charge on any atom is 0.451 e. The van der Waals surface area contributed by atoms with Crippen LogP contribution in [0.5, 0.6) is 0 Å². The smallest absolute Gasteiger partial charge is 0.352 e. The molecule has 0 atom stereocenters. The number of nitrogens with one attached hydrogen (secondary N) is 1. The van der Waals surface area contributed by atoms with E-state index in [1.165, 1.54) is 0 Å². The number of carbonyl (C=O) groups is 1. The standard InChI is InChI=1S/C12H17F3N4O2/c1-18-10(12(13,14)15)17-19(11(18)21)7-9(20)16-8-5-3-2-4-6-8/h8H,2-7H2,1H3,(H,16,20). The lowest BCUT2D eigenvalue weighted by Crippen LogP contribution is -2.40. The zero-order valence-electron chi connectivity index (χ0n) is 11.6. The third-order valence-corrected chi connectivity index (χ3v) is 3.56. The summed E-state index contributed by atoms with van der Waals surface area (Å²) in [5, 5.41) is 5.93. The van der Waals surface area contributed by atoms with Crippen molar-refractivity contribution in [1.82, 2.24) is 19.7 Å².